The zero-order chi connectivity index (χ0) is 30.2. The number of hydrogen-bond donors (Lipinski definition) is 0. The van der Waals surface area contributed by atoms with Crippen LogP contribution in [0.1, 0.15) is 11.1 Å². The van der Waals surface area contributed by atoms with Crippen molar-refractivity contribution in [2.45, 2.75) is 13.9 Å². The van der Waals surface area contributed by atoms with Crippen LogP contribution in [0.15, 0.2) is 155 Å². The second kappa shape index (κ2) is 9.91. The molecule has 216 valence electrons. The highest BCUT2D eigenvalue weighted by Gasteiger charge is 2.49. The first-order valence-corrected chi connectivity index (χ1v) is 16.9. The lowest BCUT2D eigenvalue weighted by atomic mass is 10.0. The molecule has 0 N–H and O–H groups in total. The average Bonchev–Trinajstić information content (AvgIpc) is 3.76. The third-order valence-corrected chi connectivity index (χ3v) is 12.2. The fourth-order valence-electron chi connectivity index (χ4n) is 6.94. The quantitative estimate of drug-likeness (QED) is 0.196. The first-order valence-electron chi connectivity index (χ1n) is 15.3. The highest BCUT2D eigenvalue weighted by molar-refractivity contribution is 8.20. The van der Waals surface area contributed by atoms with Gasteiger partial charge in [0.1, 0.15) is 4.08 Å². The van der Waals surface area contributed by atoms with E-state index in [2.05, 4.69) is 114 Å². The Morgan fingerprint density at radius 3 is 1.74 bits per heavy atom. The maximum Gasteiger partial charge on any atom is 0.238 e. The van der Waals surface area contributed by atoms with E-state index in [-0.39, 0.29) is 4.08 Å². The molecule has 0 radical (unpaired) electrons. The molecule has 1 spiro atoms. The Morgan fingerprint density at radius 1 is 0.457 bits per heavy atom. The molecule has 0 fully saturated rings. The fourth-order valence-corrected chi connectivity index (χ4v) is 10.3. The Labute approximate surface area is 274 Å². The molecule has 8 aromatic rings. The topological polar surface area (TPSA) is 43.6 Å². The van der Waals surface area contributed by atoms with Gasteiger partial charge in [0.15, 0.2) is 11.6 Å². The van der Waals surface area contributed by atoms with Gasteiger partial charge in [0.2, 0.25) is 5.95 Å². The van der Waals surface area contributed by atoms with Gasteiger partial charge in [-0.3, -0.25) is 4.57 Å². The van der Waals surface area contributed by atoms with Crippen LogP contribution in [0.4, 0.5) is 0 Å². The molecule has 0 unspecified atom stereocenters. The third kappa shape index (κ3) is 3.74. The van der Waals surface area contributed by atoms with Gasteiger partial charge < -0.3 is 0 Å². The van der Waals surface area contributed by atoms with Crippen LogP contribution in [0, 0.1) is 0 Å². The van der Waals surface area contributed by atoms with Crippen molar-refractivity contribution in [1.29, 1.82) is 0 Å². The highest BCUT2D eigenvalue weighted by atomic mass is 32.2. The zero-order valence-corrected chi connectivity index (χ0v) is 26.1. The normalized spacial score (nSPS) is 14.1. The monoisotopic (exact) mass is 624 g/mol. The van der Waals surface area contributed by atoms with Gasteiger partial charge in [0, 0.05) is 31.7 Å². The van der Waals surface area contributed by atoms with E-state index in [1.165, 1.54) is 42.8 Å². The van der Waals surface area contributed by atoms with Gasteiger partial charge in [-0.05, 0) is 52.6 Å². The van der Waals surface area contributed by atoms with Crippen molar-refractivity contribution in [3.05, 3.63) is 157 Å². The summed E-state index contributed by atoms with van der Waals surface area (Å²) in [5.74, 6) is 1.91. The van der Waals surface area contributed by atoms with Gasteiger partial charge in [-0.15, -0.1) is 0 Å². The van der Waals surface area contributed by atoms with Crippen molar-refractivity contribution in [2.24, 2.45) is 0 Å². The van der Waals surface area contributed by atoms with Gasteiger partial charge >= 0.3 is 0 Å². The van der Waals surface area contributed by atoms with Crippen molar-refractivity contribution in [1.82, 2.24) is 19.5 Å². The van der Waals surface area contributed by atoms with E-state index in [0.29, 0.717) is 17.6 Å². The highest BCUT2D eigenvalue weighted by Crippen LogP contribution is 2.70. The summed E-state index contributed by atoms with van der Waals surface area (Å²) < 4.78 is 1.99. The summed E-state index contributed by atoms with van der Waals surface area (Å²) in [6.45, 7) is 0. The molecule has 0 saturated heterocycles. The van der Waals surface area contributed by atoms with Crippen molar-refractivity contribution < 1.29 is 0 Å². The van der Waals surface area contributed by atoms with E-state index in [9.17, 15) is 0 Å². The van der Waals surface area contributed by atoms with E-state index in [0.717, 1.165) is 22.2 Å². The van der Waals surface area contributed by atoms with Crippen LogP contribution < -0.4 is 0 Å². The second-order valence-electron chi connectivity index (χ2n) is 11.6. The minimum Gasteiger partial charge on any atom is -0.278 e. The van der Waals surface area contributed by atoms with Crippen molar-refractivity contribution in [3.8, 4) is 39.9 Å². The minimum absolute atomic E-state index is 0.235. The Morgan fingerprint density at radius 2 is 1.04 bits per heavy atom. The van der Waals surface area contributed by atoms with Crippen molar-refractivity contribution >= 4 is 45.3 Å². The number of hydrogen-bond acceptors (Lipinski definition) is 5. The molecular formula is C40H24N4S2. The van der Waals surface area contributed by atoms with Crippen LogP contribution in [0.2, 0.25) is 0 Å². The predicted molar refractivity (Wildman–Crippen MR) is 189 cm³/mol. The third-order valence-electron chi connectivity index (χ3n) is 8.98. The molecule has 2 aliphatic rings. The second-order valence-corrected chi connectivity index (χ2v) is 14.4. The fraction of sp³-hybridized carbons (Fsp3) is 0.0250. The Kier molecular flexibility index (Phi) is 5.62. The number of thioether (sulfide) groups is 2. The van der Waals surface area contributed by atoms with E-state index in [4.69, 9.17) is 15.0 Å². The van der Waals surface area contributed by atoms with Crippen LogP contribution >= 0.6 is 23.5 Å². The molecule has 0 bridgehead atoms. The summed E-state index contributed by atoms with van der Waals surface area (Å²) in [6, 6.07) is 51.5. The average molecular weight is 625 g/mol. The van der Waals surface area contributed by atoms with Gasteiger partial charge in [-0.25, -0.2) is 4.98 Å². The Balaban J connectivity index is 1.27. The lowest BCUT2D eigenvalue weighted by Crippen LogP contribution is -2.12. The largest absolute Gasteiger partial charge is 0.278 e. The SMILES string of the molecule is c1ccc(-c2nc(-c3ccccc3)nc(-n3c4ccccc4c4cc5c(cc43)-c3ccccc3C53Sc4ccccc4S3)n2)cc1. The van der Waals surface area contributed by atoms with Gasteiger partial charge in [0.05, 0.1) is 11.0 Å². The van der Waals surface area contributed by atoms with Crippen LogP contribution in [0.25, 0.3) is 61.7 Å². The van der Waals surface area contributed by atoms with Gasteiger partial charge in [0.25, 0.3) is 0 Å². The molecule has 0 atom stereocenters. The number of para-hydroxylation sites is 1. The van der Waals surface area contributed by atoms with Crippen LogP contribution in [-0.2, 0) is 4.08 Å². The lowest BCUT2D eigenvalue weighted by molar-refractivity contribution is 0.953. The molecule has 6 aromatic carbocycles. The lowest BCUT2D eigenvalue weighted by Gasteiger charge is -2.24. The maximum atomic E-state index is 5.14. The Bertz CT molecular complexity index is 2410. The van der Waals surface area contributed by atoms with E-state index < -0.39 is 0 Å². The van der Waals surface area contributed by atoms with Gasteiger partial charge in [-0.2, -0.15) is 9.97 Å². The van der Waals surface area contributed by atoms with Gasteiger partial charge in [-0.1, -0.05) is 139 Å². The molecule has 4 nitrogen and oxygen atoms in total. The first kappa shape index (κ1) is 26.1. The first-order chi connectivity index (χ1) is 22.8. The standard InChI is InChI=1S/C40H24N4S2/c1-3-13-25(14-4-1)37-41-38(26-15-5-2-6-16-26)43-39(42-37)44-33-20-10-8-18-28(33)30-23-32-29(24-34(30)44)27-17-7-9-19-31(27)40(32)45-35-21-11-12-22-36(35)46-40/h1-24H. The Hall–Kier alpha value is -5.17. The molecule has 46 heavy (non-hydrogen) atoms. The number of aromatic nitrogens is 4. The van der Waals surface area contributed by atoms with E-state index >= 15 is 0 Å². The van der Waals surface area contributed by atoms with E-state index in [1.807, 2.05) is 59.9 Å². The molecular weight excluding hydrogens is 601 g/mol. The number of fused-ring (bicyclic) bond motifs is 9. The summed E-state index contributed by atoms with van der Waals surface area (Å²) >= 11 is 3.94. The maximum absolute atomic E-state index is 5.14. The van der Waals surface area contributed by atoms with Crippen molar-refractivity contribution in [3.63, 3.8) is 0 Å². The summed E-state index contributed by atoms with van der Waals surface area (Å²) in [7, 11) is 0. The van der Waals surface area contributed by atoms with Crippen LogP contribution in [0.3, 0.4) is 0 Å². The number of nitrogens with zero attached hydrogens (tertiary/aromatic N) is 4. The van der Waals surface area contributed by atoms with Crippen LogP contribution in [-0.4, -0.2) is 19.5 Å². The molecule has 1 aliphatic carbocycles. The molecule has 3 heterocycles. The molecule has 0 saturated carbocycles. The summed E-state index contributed by atoms with van der Waals surface area (Å²) in [5, 5.41) is 2.38. The molecule has 0 amide bonds. The predicted octanol–water partition coefficient (Wildman–Crippen LogP) is 10.4. The van der Waals surface area contributed by atoms with Crippen molar-refractivity contribution in [2.75, 3.05) is 0 Å². The van der Waals surface area contributed by atoms with E-state index in [1.54, 1.807) is 0 Å². The number of benzene rings is 6. The number of rotatable bonds is 3. The molecule has 10 rings (SSSR count). The molecule has 2 aromatic heterocycles. The minimum atomic E-state index is -0.235. The smallest absolute Gasteiger partial charge is 0.238 e. The molecule has 1 aliphatic heterocycles. The molecule has 6 heteroatoms. The van der Waals surface area contributed by atoms with Crippen LogP contribution in [0.5, 0.6) is 0 Å². The summed E-state index contributed by atoms with van der Waals surface area (Å²) in [4.78, 5) is 17.9. The summed E-state index contributed by atoms with van der Waals surface area (Å²) in [5.41, 5.74) is 9.32. The summed E-state index contributed by atoms with van der Waals surface area (Å²) in [6.07, 6.45) is 0. The zero-order valence-electron chi connectivity index (χ0n) is 24.5.